The number of halogens is 2. The van der Waals surface area contributed by atoms with Crippen molar-refractivity contribution in [2.24, 2.45) is 0 Å². The number of carboxylic acid groups (broad SMARTS) is 1. The highest BCUT2D eigenvalue weighted by atomic mass is 35.5. The Morgan fingerprint density at radius 1 is 1.38 bits per heavy atom. The molecule has 0 atom stereocenters. The Balaban J connectivity index is 2.44. The van der Waals surface area contributed by atoms with Crippen molar-refractivity contribution in [1.82, 2.24) is 9.97 Å². The maximum atomic E-state index is 13.7. The Bertz CT molecular complexity index is 692. The topological polar surface area (TPSA) is 75.1 Å². The van der Waals surface area contributed by atoms with Crippen LogP contribution >= 0.6 is 11.6 Å². The summed E-state index contributed by atoms with van der Waals surface area (Å²) in [7, 11) is 0. The van der Waals surface area contributed by atoms with Gasteiger partial charge in [0, 0.05) is 10.9 Å². The second kappa shape index (κ2) is 6.05. The standard InChI is InChI=1S/C14H13ClFN3O2/c1-7(2)13-17-6-11(12(19-13)14(20)21)18-10-5-8(15)3-4-9(10)16/h3-7,18H,1-2H3,(H,20,21). The van der Waals surface area contributed by atoms with Crippen molar-refractivity contribution in [1.29, 1.82) is 0 Å². The van der Waals surface area contributed by atoms with Crippen molar-refractivity contribution in [3.63, 3.8) is 0 Å². The smallest absolute Gasteiger partial charge is 0.356 e. The number of nitrogens with zero attached hydrogens (tertiary/aromatic N) is 2. The van der Waals surface area contributed by atoms with E-state index in [4.69, 9.17) is 11.6 Å². The highest BCUT2D eigenvalue weighted by Gasteiger charge is 2.17. The number of aromatic carboxylic acids is 1. The summed E-state index contributed by atoms with van der Waals surface area (Å²) in [5, 5.41) is 12.2. The highest BCUT2D eigenvalue weighted by molar-refractivity contribution is 6.30. The molecule has 0 radical (unpaired) electrons. The lowest BCUT2D eigenvalue weighted by atomic mass is 10.2. The average molecular weight is 310 g/mol. The summed E-state index contributed by atoms with van der Waals surface area (Å²) in [6.45, 7) is 3.70. The molecule has 0 aliphatic rings. The Labute approximate surface area is 125 Å². The van der Waals surface area contributed by atoms with Crippen LogP contribution in [0.4, 0.5) is 15.8 Å². The van der Waals surface area contributed by atoms with Gasteiger partial charge in [-0.3, -0.25) is 0 Å². The van der Waals surface area contributed by atoms with Gasteiger partial charge in [0.25, 0.3) is 0 Å². The Morgan fingerprint density at radius 2 is 2.10 bits per heavy atom. The molecule has 7 heteroatoms. The quantitative estimate of drug-likeness (QED) is 0.897. The fourth-order valence-corrected chi connectivity index (χ4v) is 1.84. The van der Waals surface area contributed by atoms with E-state index < -0.39 is 11.8 Å². The summed E-state index contributed by atoms with van der Waals surface area (Å²) in [6, 6.07) is 3.95. The predicted octanol–water partition coefficient (Wildman–Crippen LogP) is 3.83. The molecule has 0 fully saturated rings. The van der Waals surface area contributed by atoms with Gasteiger partial charge in [0.15, 0.2) is 5.69 Å². The number of rotatable bonds is 4. The molecule has 1 aromatic carbocycles. The summed E-state index contributed by atoms with van der Waals surface area (Å²) in [5.74, 6) is -1.38. The van der Waals surface area contributed by atoms with E-state index in [1.54, 1.807) is 0 Å². The first kappa shape index (κ1) is 15.2. The van der Waals surface area contributed by atoms with Gasteiger partial charge in [0.05, 0.1) is 17.6 Å². The third-order valence-electron chi connectivity index (χ3n) is 2.72. The van der Waals surface area contributed by atoms with E-state index in [1.807, 2.05) is 13.8 Å². The van der Waals surface area contributed by atoms with Crippen molar-refractivity contribution >= 4 is 28.9 Å². The van der Waals surface area contributed by atoms with Crippen molar-refractivity contribution in [2.75, 3.05) is 5.32 Å². The van der Waals surface area contributed by atoms with Crippen LogP contribution in [0.5, 0.6) is 0 Å². The first-order valence-corrected chi connectivity index (χ1v) is 6.58. The molecule has 1 heterocycles. The molecular formula is C14H13ClFN3O2. The monoisotopic (exact) mass is 309 g/mol. The second-order valence-corrected chi connectivity index (χ2v) is 5.14. The summed E-state index contributed by atoms with van der Waals surface area (Å²) >= 11 is 5.80. The van der Waals surface area contributed by atoms with Crippen LogP contribution in [0.3, 0.4) is 0 Å². The van der Waals surface area contributed by atoms with Crippen LogP contribution in [0.25, 0.3) is 0 Å². The summed E-state index contributed by atoms with van der Waals surface area (Å²) < 4.78 is 13.7. The molecule has 2 N–H and O–H groups in total. The van der Waals surface area contributed by atoms with E-state index in [2.05, 4.69) is 15.3 Å². The van der Waals surface area contributed by atoms with Crippen LogP contribution in [0.15, 0.2) is 24.4 Å². The third kappa shape index (κ3) is 3.46. The van der Waals surface area contributed by atoms with Crippen molar-refractivity contribution in [2.45, 2.75) is 19.8 Å². The highest BCUT2D eigenvalue weighted by Crippen LogP contribution is 2.25. The van der Waals surface area contributed by atoms with Gasteiger partial charge in [0.2, 0.25) is 0 Å². The van der Waals surface area contributed by atoms with Crippen LogP contribution in [0.2, 0.25) is 5.02 Å². The minimum atomic E-state index is -1.22. The van der Waals surface area contributed by atoms with E-state index in [0.717, 1.165) is 0 Å². The van der Waals surface area contributed by atoms with Crippen LogP contribution in [-0.4, -0.2) is 21.0 Å². The minimum Gasteiger partial charge on any atom is -0.476 e. The largest absolute Gasteiger partial charge is 0.476 e. The first-order valence-electron chi connectivity index (χ1n) is 6.20. The first-order chi connectivity index (χ1) is 9.88. The average Bonchev–Trinajstić information content (AvgIpc) is 2.42. The van der Waals surface area contributed by atoms with E-state index in [0.29, 0.717) is 10.8 Å². The van der Waals surface area contributed by atoms with Crippen LogP contribution in [-0.2, 0) is 0 Å². The second-order valence-electron chi connectivity index (χ2n) is 4.70. The molecule has 0 aliphatic carbocycles. The maximum absolute atomic E-state index is 13.7. The molecule has 0 unspecified atom stereocenters. The van der Waals surface area contributed by atoms with E-state index in [-0.39, 0.29) is 23.0 Å². The fraction of sp³-hybridized carbons (Fsp3) is 0.214. The van der Waals surface area contributed by atoms with Gasteiger partial charge >= 0.3 is 5.97 Å². The predicted molar refractivity (Wildman–Crippen MR) is 77.8 cm³/mol. The van der Waals surface area contributed by atoms with Gasteiger partial charge in [-0.2, -0.15) is 0 Å². The van der Waals surface area contributed by atoms with Crippen LogP contribution < -0.4 is 5.32 Å². The van der Waals surface area contributed by atoms with Gasteiger partial charge in [-0.15, -0.1) is 0 Å². The number of aromatic nitrogens is 2. The normalized spacial score (nSPS) is 10.7. The van der Waals surface area contributed by atoms with E-state index in [9.17, 15) is 14.3 Å². The third-order valence-corrected chi connectivity index (χ3v) is 2.96. The summed E-state index contributed by atoms with van der Waals surface area (Å²) in [5.41, 5.74) is -0.0490. The number of carboxylic acids is 1. The molecular weight excluding hydrogens is 297 g/mol. The Morgan fingerprint density at radius 3 is 2.71 bits per heavy atom. The van der Waals surface area contributed by atoms with Crippen molar-refractivity contribution in [3.05, 3.63) is 46.8 Å². The molecule has 2 aromatic rings. The Hall–Kier alpha value is -2.21. The zero-order valence-electron chi connectivity index (χ0n) is 11.4. The SMILES string of the molecule is CC(C)c1ncc(Nc2cc(Cl)ccc2F)c(C(=O)O)n1. The minimum absolute atomic E-state index is 0.0138. The van der Waals surface area contributed by atoms with Gasteiger partial charge in [-0.1, -0.05) is 25.4 Å². The maximum Gasteiger partial charge on any atom is 0.356 e. The van der Waals surface area contributed by atoms with Crippen LogP contribution in [0.1, 0.15) is 36.1 Å². The molecule has 110 valence electrons. The summed E-state index contributed by atoms with van der Waals surface area (Å²) in [6.07, 6.45) is 1.33. The number of nitrogens with one attached hydrogen (secondary N) is 1. The van der Waals surface area contributed by atoms with Gasteiger partial charge in [0.1, 0.15) is 11.6 Å². The molecule has 5 nitrogen and oxygen atoms in total. The number of hydrogen-bond acceptors (Lipinski definition) is 4. The molecule has 0 saturated carbocycles. The molecule has 21 heavy (non-hydrogen) atoms. The van der Waals surface area contributed by atoms with E-state index in [1.165, 1.54) is 24.4 Å². The zero-order valence-corrected chi connectivity index (χ0v) is 12.1. The Kier molecular flexibility index (Phi) is 4.37. The lowest BCUT2D eigenvalue weighted by Crippen LogP contribution is -2.10. The number of hydrogen-bond donors (Lipinski definition) is 2. The summed E-state index contributed by atoms with van der Waals surface area (Å²) in [4.78, 5) is 19.4. The molecule has 0 bridgehead atoms. The number of anilines is 2. The fourth-order valence-electron chi connectivity index (χ4n) is 1.67. The molecule has 2 rings (SSSR count). The van der Waals surface area contributed by atoms with Crippen molar-refractivity contribution in [3.8, 4) is 0 Å². The van der Waals surface area contributed by atoms with Gasteiger partial charge < -0.3 is 10.4 Å². The van der Waals surface area contributed by atoms with Gasteiger partial charge in [-0.05, 0) is 18.2 Å². The molecule has 0 aliphatic heterocycles. The molecule has 0 saturated heterocycles. The lowest BCUT2D eigenvalue weighted by molar-refractivity contribution is 0.0691. The number of carbonyl (C=O) groups is 1. The molecule has 0 amide bonds. The molecule has 0 spiro atoms. The molecule has 1 aromatic heterocycles. The number of benzene rings is 1. The van der Waals surface area contributed by atoms with Gasteiger partial charge in [-0.25, -0.2) is 19.2 Å². The van der Waals surface area contributed by atoms with Crippen LogP contribution in [0, 0.1) is 5.82 Å². The lowest BCUT2D eigenvalue weighted by Gasteiger charge is -2.12. The zero-order chi connectivity index (χ0) is 15.6. The van der Waals surface area contributed by atoms with E-state index >= 15 is 0 Å². The van der Waals surface area contributed by atoms with Crippen molar-refractivity contribution < 1.29 is 14.3 Å².